The average Bonchev–Trinajstić information content (AvgIpc) is 3.24. The molecular weight excluding hydrogens is 438 g/mol. The second-order valence-electron chi connectivity index (χ2n) is 9.04. The smallest absolute Gasteiger partial charge is 0.300 e. The van der Waals surface area contributed by atoms with Gasteiger partial charge in [0.1, 0.15) is 13.2 Å². The molecular formula is C25H23N3O6. The third-order valence-electron chi connectivity index (χ3n) is 7.00. The summed E-state index contributed by atoms with van der Waals surface area (Å²) in [5.74, 6) is -0.318. The lowest BCUT2D eigenvalue weighted by Gasteiger charge is -2.35. The summed E-state index contributed by atoms with van der Waals surface area (Å²) >= 11 is 0. The molecule has 0 saturated carbocycles. The number of likely N-dealkylation sites (tertiary alicyclic amines) is 1. The zero-order valence-electron chi connectivity index (χ0n) is 18.5. The van der Waals surface area contributed by atoms with Crippen LogP contribution in [-0.4, -0.2) is 72.8 Å². The minimum Gasteiger partial charge on any atom is -0.486 e. The predicted molar refractivity (Wildman–Crippen MR) is 120 cm³/mol. The van der Waals surface area contributed by atoms with Crippen molar-refractivity contribution in [1.29, 1.82) is 0 Å². The highest BCUT2D eigenvalue weighted by Crippen LogP contribution is 2.40. The predicted octanol–water partition coefficient (Wildman–Crippen LogP) is 1.95. The van der Waals surface area contributed by atoms with Gasteiger partial charge in [-0.2, -0.15) is 0 Å². The molecule has 0 spiro atoms. The highest BCUT2D eigenvalue weighted by atomic mass is 16.6. The van der Waals surface area contributed by atoms with Crippen molar-refractivity contribution in [1.82, 2.24) is 9.80 Å². The summed E-state index contributed by atoms with van der Waals surface area (Å²) in [4.78, 5) is 55.6. The molecule has 6 rings (SSSR count). The van der Waals surface area contributed by atoms with Gasteiger partial charge in [-0.1, -0.05) is 12.1 Å². The summed E-state index contributed by atoms with van der Waals surface area (Å²) in [6, 6.07) is 10.2. The van der Waals surface area contributed by atoms with Crippen molar-refractivity contribution >= 4 is 29.2 Å². The Bertz CT molecular complexity index is 1200. The van der Waals surface area contributed by atoms with E-state index in [1.807, 2.05) is 0 Å². The van der Waals surface area contributed by atoms with Crippen LogP contribution in [0, 0.1) is 5.92 Å². The van der Waals surface area contributed by atoms with Gasteiger partial charge in [0.15, 0.2) is 11.5 Å². The van der Waals surface area contributed by atoms with E-state index in [1.54, 1.807) is 36.4 Å². The van der Waals surface area contributed by atoms with E-state index in [9.17, 15) is 19.2 Å². The maximum atomic E-state index is 12.7. The van der Waals surface area contributed by atoms with Crippen LogP contribution >= 0.6 is 0 Å². The number of ketones is 1. The molecule has 3 amide bonds. The van der Waals surface area contributed by atoms with E-state index in [0.29, 0.717) is 73.4 Å². The first-order valence-corrected chi connectivity index (χ1v) is 11.5. The van der Waals surface area contributed by atoms with Crippen LogP contribution in [0.2, 0.25) is 0 Å². The van der Waals surface area contributed by atoms with Crippen LogP contribution in [0.5, 0.6) is 11.5 Å². The van der Waals surface area contributed by atoms with Crippen LogP contribution in [0.25, 0.3) is 0 Å². The Balaban J connectivity index is 1.10. The Morgan fingerprint density at radius 1 is 0.765 bits per heavy atom. The van der Waals surface area contributed by atoms with E-state index in [1.165, 1.54) is 9.80 Å². The second kappa shape index (κ2) is 7.95. The first-order chi connectivity index (χ1) is 16.5. The summed E-state index contributed by atoms with van der Waals surface area (Å²) in [5, 5.41) is 0. The fraction of sp³-hybridized carbons (Fsp3) is 0.360. The standard InChI is InChI=1S/C25H23N3O6/c29-22-18-11-20-21(34-10-9-33-20)12-19(18)28(25(22)32)14-26-7-5-15(6-8-26)13-27-23(30)16-3-1-2-4-17(16)24(27)31/h1-4,11-12,15H,5-10,13-14H2. The fourth-order valence-corrected chi connectivity index (χ4v) is 5.14. The first kappa shape index (κ1) is 20.9. The van der Waals surface area contributed by atoms with Gasteiger partial charge >= 0.3 is 5.91 Å². The third kappa shape index (κ3) is 3.27. The number of carbonyl (C=O) groups is 4. The van der Waals surface area contributed by atoms with Gasteiger partial charge in [0.2, 0.25) is 0 Å². The van der Waals surface area contributed by atoms with Crippen LogP contribution in [0.3, 0.4) is 0 Å². The number of imide groups is 1. The molecule has 0 unspecified atom stereocenters. The molecule has 0 aromatic heterocycles. The lowest BCUT2D eigenvalue weighted by Crippen LogP contribution is -2.46. The van der Waals surface area contributed by atoms with E-state index < -0.39 is 11.7 Å². The highest BCUT2D eigenvalue weighted by molar-refractivity contribution is 6.52. The van der Waals surface area contributed by atoms with Crippen molar-refractivity contribution in [3.8, 4) is 11.5 Å². The molecule has 0 radical (unpaired) electrons. The van der Waals surface area contributed by atoms with Crippen molar-refractivity contribution in [2.75, 3.05) is 44.4 Å². The molecule has 4 aliphatic rings. The number of piperidine rings is 1. The zero-order chi connectivity index (χ0) is 23.4. The summed E-state index contributed by atoms with van der Waals surface area (Å²) in [7, 11) is 0. The van der Waals surface area contributed by atoms with E-state index in [0.717, 1.165) is 12.8 Å². The monoisotopic (exact) mass is 461 g/mol. The molecule has 0 bridgehead atoms. The zero-order valence-corrected chi connectivity index (χ0v) is 18.5. The van der Waals surface area contributed by atoms with Gasteiger partial charge < -0.3 is 9.47 Å². The van der Waals surface area contributed by atoms with Gasteiger partial charge in [-0.25, -0.2) is 0 Å². The molecule has 2 aromatic rings. The van der Waals surface area contributed by atoms with Crippen LogP contribution < -0.4 is 14.4 Å². The number of benzene rings is 2. The van der Waals surface area contributed by atoms with E-state index in [2.05, 4.69) is 4.90 Å². The van der Waals surface area contributed by atoms with E-state index in [-0.39, 0.29) is 17.7 Å². The number of fused-ring (bicyclic) bond motifs is 3. The SMILES string of the molecule is O=C1C(=O)N(CN2CCC(CN3C(=O)c4ccccc4C3=O)CC2)c2cc3c(cc21)OCCO3. The minimum absolute atomic E-state index is 0.194. The summed E-state index contributed by atoms with van der Waals surface area (Å²) in [6.07, 6.45) is 1.58. The Morgan fingerprint density at radius 2 is 1.38 bits per heavy atom. The van der Waals surface area contributed by atoms with Crippen LogP contribution in [-0.2, 0) is 4.79 Å². The number of Topliss-reactive ketones (excluding diaryl/α,β-unsaturated/α-hetero) is 1. The van der Waals surface area contributed by atoms with Gasteiger partial charge in [0, 0.05) is 25.7 Å². The molecule has 34 heavy (non-hydrogen) atoms. The Morgan fingerprint density at radius 3 is 2.03 bits per heavy atom. The number of anilines is 1. The van der Waals surface area contributed by atoms with Crippen molar-refractivity contribution in [2.24, 2.45) is 5.92 Å². The van der Waals surface area contributed by atoms with E-state index >= 15 is 0 Å². The number of amides is 3. The molecule has 4 heterocycles. The van der Waals surface area contributed by atoms with Crippen molar-refractivity contribution < 1.29 is 28.7 Å². The van der Waals surface area contributed by atoms with Gasteiger partial charge in [-0.05, 0) is 37.0 Å². The second-order valence-corrected chi connectivity index (χ2v) is 9.04. The molecule has 0 N–H and O–H groups in total. The Labute approximate surface area is 195 Å². The summed E-state index contributed by atoms with van der Waals surface area (Å²) in [6.45, 7) is 2.93. The molecule has 2 aromatic carbocycles. The Kier molecular flexibility index (Phi) is 4.88. The maximum absolute atomic E-state index is 12.7. The lowest BCUT2D eigenvalue weighted by atomic mass is 9.96. The third-order valence-corrected chi connectivity index (χ3v) is 7.00. The van der Waals surface area contributed by atoms with E-state index in [4.69, 9.17) is 9.47 Å². The number of ether oxygens (including phenoxy) is 2. The van der Waals surface area contributed by atoms with Crippen molar-refractivity contribution in [3.05, 3.63) is 53.1 Å². The highest BCUT2D eigenvalue weighted by Gasteiger charge is 2.40. The molecule has 9 heteroatoms. The minimum atomic E-state index is -0.550. The molecule has 1 saturated heterocycles. The number of nitrogens with zero attached hydrogens (tertiary/aromatic N) is 3. The van der Waals surface area contributed by atoms with Crippen molar-refractivity contribution in [3.63, 3.8) is 0 Å². The quantitative estimate of drug-likeness (QED) is 0.507. The molecule has 0 atom stereocenters. The number of carbonyl (C=O) groups excluding carboxylic acids is 4. The number of rotatable bonds is 4. The lowest BCUT2D eigenvalue weighted by molar-refractivity contribution is -0.114. The van der Waals surface area contributed by atoms with Crippen LogP contribution in [0.15, 0.2) is 36.4 Å². The molecule has 1 fully saturated rings. The molecule has 9 nitrogen and oxygen atoms in total. The normalized spacial score (nSPS) is 20.2. The summed E-state index contributed by atoms with van der Waals surface area (Å²) in [5.41, 5.74) is 1.83. The van der Waals surface area contributed by atoms with Gasteiger partial charge in [-0.3, -0.25) is 33.9 Å². The van der Waals surface area contributed by atoms with Gasteiger partial charge in [-0.15, -0.1) is 0 Å². The topological polar surface area (TPSA) is 96.5 Å². The van der Waals surface area contributed by atoms with Gasteiger partial charge in [0.25, 0.3) is 17.6 Å². The van der Waals surface area contributed by atoms with Crippen LogP contribution in [0.1, 0.15) is 43.9 Å². The average molecular weight is 461 g/mol. The maximum Gasteiger partial charge on any atom is 0.300 e. The number of hydrogen-bond acceptors (Lipinski definition) is 7. The number of hydrogen-bond donors (Lipinski definition) is 0. The van der Waals surface area contributed by atoms with Gasteiger partial charge in [0.05, 0.1) is 29.0 Å². The fourth-order valence-electron chi connectivity index (χ4n) is 5.14. The molecule has 4 aliphatic heterocycles. The largest absolute Gasteiger partial charge is 0.486 e. The molecule has 174 valence electrons. The summed E-state index contributed by atoms with van der Waals surface area (Å²) < 4.78 is 11.2. The molecule has 0 aliphatic carbocycles. The first-order valence-electron chi connectivity index (χ1n) is 11.5. The Hall–Kier alpha value is -3.72. The van der Waals surface area contributed by atoms with Crippen LogP contribution in [0.4, 0.5) is 5.69 Å². The van der Waals surface area contributed by atoms with Crippen molar-refractivity contribution in [2.45, 2.75) is 12.8 Å².